The Morgan fingerprint density at radius 1 is 1.71 bits per heavy atom. The first-order valence-electron chi connectivity index (χ1n) is 6.13. The van der Waals surface area contributed by atoms with E-state index in [-0.39, 0.29) is 5.78 Å². The van der Waals surface area contributed by atoms with E-state index >= 15 is 0 Å². The number of ether oxygens (including phenoxy) is 1. The number of aromatic nitrogens is 1. The Morgan fingerprint density at radius 2 is 2.53 bits per heavy atom. The van der Waals surface area contributed by atoms with E-state index in [1.54, 1.807) is 13.3 Å². The largest absolute Gasteiger partial charge is 0.370 e. The van der Waals surface area contributed by atoms with Gasteiger partial charge in [0.2, 0.25) is 0 Å². The first-order chi connectivity index (χ1) is 8.16. The number of hydrogen-bond acceptors (Lipinski definition) is 4. The molecule has 0 bridgehead atoms. The Bertz CT molecular complexity index is 377. The van der Waals surface area contributed by atoms with Crippen LogP contribution < -0.4 is 0 Å². The van der Waals surface area contributed by atoms with Gasteiger partial charge in [-0.1, -0.05) is 13.3 Å². The van der Waals surface area contributed by atoms with Crippen molar-refractivity contribution in [3.8, 4) is 0 Å². The predicted octanol–water partition coefficient (Wildman–Crippen LogP) is 2.85. The maximum atomic E-state index is 12.4. The fourth-order valence-corrected chi connectivity index (χ4v) is 3.31. The Labute approximate surface area is 106 Å². The number of rotatable bonds is 4. The molecule has 1 aliphatic carbocycles. The molecule has 1 aromatic rings. The van der Waals surface area contributed by atoms with E-state index in [0.717, 1.165) is 24.3 Å². The van der Waals surface area contributed by atoms with Gasteiger partial charge in [0, 0.05) is 18.7 Å². The zero-order chi connectivity index (χ0) is 12.3. The number of thiazole rings is 1. The van der Waals surface area contributed by atoms with Crippen molar-refractivity contribution in [2.24, 2.45) is 5.92 Å². The molecule has 2 unspecified atom stereocenters. The van der Waals surface area contributed by atoms with Gasteiger partial charge in [-0.05, 0) is 25.2 Å². The topological polar surface area (TPSA) is 39.2 Å². The maximum Gasteiger partial charge on any atom is 0.171 e. The van der Waals surface area contributed by atoms with Crippen molar-refractivity contribution in [3.63, 3.8) is 0 Å². The fourth-order valence-electron chi connectivity index (χ4n) is 2.69. The normalized spacial score (nSPS) is 29.2. The number of carbonyl (C=O) groups is 1. The number of carbonyl (C=O) groups excluding carboxylic acids is 1. The highest BCUT2D eigenvalue weighted by molar-refractivity contribution is 7.09. The zero-order valence-corrected chi connectivity index (χ0v) is 11.3. The smallest absolute Gasteiger partial charge is 0.171 e. The van der Waals surface area contributed by atoms with Crippen LogP contribution in [0.15, 0.2) is 11.6 Å². The third-order valence-corrected chi connectivity index (χ3v) is 4.43. The van der Waals surface area contributed by atoms with Crippen molar-refractivity contribution >= 4 is 17.1 Å². The number of methoxy groups -OCH3 is 1. The van der Waals surface area contributed by atoms with Crippen molar-refractivity contribution in [1.29, 1.82) is 0 Å². The summed E-state index contributed by atoms with van der Waals surface area (Å²) in [5.41, 5.74) is -0.552. The molecule has 1 fully saturated rings. The number of nitrogens with zero attached hydrogens (tertiary/aromatic N) is 1. The lowest BCUT2D eigenvalue weighted by Gasteiger charge is -2.37. The van der Waals surface area contributed by atoms with E-state index < -0.39 is 5.60 Å². The summed E-state index contributed by atoms with van der Waals surface area (Å²) in [5, 5.41) is 2.80. The van der Waals surface area contributed by atoms with Crippen molar-refractivity contribution in [2.45, 2.75) is 44.6 Å². The Kier molecular flexibility index (Phi) is 3.94. The van der Waals surface area contributed by atoms with Crippen molar-refractivity contribution in [1.82, 2.24) is 4.98 Å². The molecule has 0 amide bonds. The highest BCUT2D eigenvalue weighted by atomic mass is 32.1. The molecule has 1 aromatic heterocycles. The molecule has 0 radical (unpaired) electrons. The first-order valence-corrected chi connectivity index (χ1v) is 7.01. The van der Waals surface area contributed by atoms with Crippen LogP contribution in [0.1, 0.15) is 37.6 Å². The molecule has 0 saturated heterocycles. The monoisotopic (exact) mass is 253 g/mol. The third-order valence-electron chi connectivity index (χ3n) is 3.65. The molecule has 3 nitrogen and oxygen atoms in total. The molecule has 1 heterocycles. The summed E-state index contributed by atoms with van der Waals surface area (Å²) >= 11 is 1.54. The molecule has 1 saturated carbocycles. The Balaban J connectivity index is 2.09. The predicted molar refractivity (Wildman–Crippen MR) is 68.2 cm³/mol. The summed E-state index contributed by atoms with van der Waals surface area (Å²) < 4.78 is 5.59. The van der Waals surface area contributed by atoms with Crippen LogP contribution in [0.2, 0.25) is 0 Å². The lowest BCUT2D eigenvalue weighted by molar-refractivity contribution is -0.146. The molecule has 0 aliphatic heterocycles. The second-order valence-corrected chi connectivity index (χ2v) is 5.90. The maximum absolute atomic E-state index is 12.4. The standard InChI is InChI=1S/C13H19NO2S/c1-10-4-3-5-13(9-10,16-2)11(15)8-12-14-6-7-17-12/h6-7,10H,3-5,8-9H2,1-2H3. The lowest BCUT2D eigenvalue weighted by Crippen LogP contribution is -2.45. The summed E-state index contributed by atoms with van der Waals surface area (Å²) in [6, 6.07) is 0. The Morgan fingerprint density at radius 3 is 3.12 bits per heavy atom. The van der Waals surface area contributed by atoms with Crippen LogP contribution in [0.3, 0.4) is 0 Å². The molecule has 4 heteroatoms. The molecular formula is C13H19NO2S. The molecule has 2 rings (SSSR count). The summed E-state index contributed by atoms with van der Waals surface area (Å²) in [4.78, 5) is 16.6. The molecule has 2 atom stereocenters. The minimum Gasteiger partial charge on any atom is -0.370 e. The van der Waals surface area contributed by atoms with Crippen molar-refractivity contribution in [3.05, 3.63) is 16.6 Å². The minimum atomic E-state index is -0.552. The van der Waals surface area contributed by atoms with Crippen LogP contribution in [0.4, 0.5) is 0 Å². The molecule has 1 aliphatic rings. The van der Waals surface area contributed by atoms with E-state index in [9.17, 15) is 4.79 Å². The van der Waals surface area contributed by atoms with E-state index in [1.165, 1.54) is 17.8 Å². The lowest BCUT2D eigenvalue weighted by atomic mass is 9.75. The molecule has 0 spiro atoms. The van der Waals surface area contributed by atoms with Gasteiger partial charge in [0.25, 0.3) is 0 Å². The summed E-state index contributed by atoms with van der Waals surface area (Å²) in [6.07, 6.45) is 6.16. The van der Waals surface area contributed by atoms with Gasteiger partial charge in [-0.15, -0.1) is 11.3 Å². The van der Waals surface area contributed by atoms with E-state index in [2.05, 4.69) is 11.9 Å². The highest BCUT2D eigenvalue weighted by Gasteiger charge is 2.41. The average Bonchev–Trinajstić information content (AvgIpc) is 2.81. The average molecular weight is 253 g/mol. The van der Waals surface area contributed by atoms with Gasteiger partial charge in [-0.2, -0.15) is 0 Å². The van der Waals surface area contributed by atoms with Crippen LogP contribution in [-0.4, -0.2) is 23.5 Å². The van der Waals surface area contributed by atoms with Crippen LogP contribution in [0, 0.1) is 5.92 Å². The van der Waals surface area contributed by atoms with E-state index in [0.29, 0.717) is 12.3 Å². The summed E-state index contributed by atoms with van der Waals surface area (Å²) in [7, 11) is 1.66. The number of ketones is 1. The van der Waals surface area contributed by atoms with Gasteiger partial charge >= 0.3 is 0 Å². The first kappa shape index (κ1) is 12.7. The second kappa shape index (κ2) is 5.27. The SMILES string of the molecule is COC1(C(=O)Cc2nccs2)CCCC(C)C1. The van der Waals surface area contributed by atoms with Gasteiger partial charge in [0.15, 0.2) is 5.78 Å². The van der Waals surface area contributed by atoms with Gasteiger partial charge < -0.3 is 4.74 Å². The Hall–Kier alpha value is -0.740. The van der Waals surface area contributed by atoms with Crippen LogP contribution in [0.5, 0.6) is 0 Å². The zero-order valence-electron chi connectivity index (χ0n) is 10.4. The second-order valence-electron chi connectivity index (χ2n) is 4.93. The van der Waals surface area contributed by atoms with Crippen LogP contribution in [0.25, 0.3) is 0 Å². The summed E-state index contributed by atoms with van der Waals surface area (Å²) in [6.45, 7) is 2.20. The van der Waals surface area contributed by atoms with Crippen LogP contribution in [-0.2, 0) is 16.0 Å². The molecule has 0 N–H and O–H groups in total. The fraction of sp³-hybridized carbons (Fsp3) is 0.692. The van der Waals surface area contributed by atoms with Crippen LogP contribution >= 0.6 is 11.3 Å². The van der Waals surface area contributed by atoms with Gasteiger partial charge in [-0.3, -0.25) is 4.79 Å². The number of hydrogen-bond donors (Lipinski definition) is 0. The van der Waals surface area contributed by atoms with E-state index in [1.807, 2.05) is 5.38 Å². The molecule has 94 valence electrons. The van der Waals surface area contributed by atoms with Crippen molar-refractivity contribution < 1.29 is 9.53 Å². The van der Waals surface area contributed by atoms with Gasteiger partial charge in [0.1, 0.15) is 5.60 Å². The molecule has 0 aromatic carbocycles. The van der Waals surface area contributed by atoms with Crippen molar-refractivity contribution in [2.75, 3.05) is 7.11 Å². The van der Waals surface area contributed by atoms with E-state index in [4.69, 9.17) is 4.74 Å². The van der Waals surface area contributed by atoms with Gasteiger partial charge in [0.05, 0.1) is 11.4 Å². The quantitative estimate of drug-likeness (QED) is 0.828. The highest BCUT2D eigenvalue weighted by Crippen LogP contribution is 2.36. The number of Topliss-reactive ketones (excluding diaryl/α,β-unsaturated/α-hetero) is 1. The minimum absolute atomic E-state index is 0.196. The van der Waals surface area contributed by atoms with Gasteiger partial charge in [-0.25, -0.2) is 4.98 Å². The molecule has 17 heavy (non-hydrogen) atoms. The third kappa shape index (κ3) is 2.75. The molecular weight excluding hydrogens is 234 g/mol. The summed E-state index contributed by atoms with van der Waals surface area (Å²) in [5.74, 6) is 0.769.